The fraction of sp³-hybridized carbons (Fsp3) is 0.0244. The van der Waals surface area contributed by atoms with Crippen LogP contribution in [0.3, 0.4) is 0 Å². The van der Waals surface area contributed by atoms with Crippen LogP contribution >= 0.6 is 34.8 Å². The zero-order valence-electron chi connectivity index (χ0n) is 29.7. The Balaban J connectivity index is 0.00000436. The van der Waals surface area contributed by atoms with Gasteiger partial charge < -0.3 is 44.9 Å². The van der Waals surface area contributed by atoms with Gasteiger partial charge >= 0.3 is 31.4 Å². The molecule has 276 valence electrons. The molecule has 0 radical (unpaired) electrons. The number of halogens is 3. The molecule has 0 saturated heterocycles. The normalized spacial score (nSPS) is 11.6. The van der Waals surface area contributed by atoms with Crippen molar-refractivity contribution in [3.8, 4) is 57.1 Å². The summed E-state index contributed by atoms with van der Waals surface area (Å²) in [4.78, 5) is 58.5. The average Bonchev–Trinajstić information content (AvgIpc) is 3.93. The van der Waals surface area contributed by atoms with Gasteiger partial charge in [0.05, 0.1) is 39.9 Å². The number of rotatable bonds is 4. The van der Waals surface area contributed by atoms with Gasteiger partial charge in [-0.25, -0.2) is 14.6 Å². The molecule has 2 aliphatic heterocycles. The van der Waals surface area contributed by atoms with E-state index in [0.29, 0.717) is 39.9 Å². The number of fused-ring (bicyclic) bond motifs is 20. The maximum absolute atomic E-state index is 11.9. The van der Waals surface area contributed by atoms with E-state index in [0.717, 1.165) is 40.1 Å². The summed E-state index contributed by atoms with van der Waals surface area (Å²) in [7, 11) is 1.82. The number of aromatic nitrogens is 8. The van der Waals surface area contributed by atoms with Crippen LogP contribution in [0.4, 0.5) is 0 Å². The molecule has 0 fully saturated rings. The fourth-order valence-electron chi connectivity index (χ4n) is 7.08. The first kappa shape index (κ1) is 37.3. The van der Waals surface area contributed by atoms with Crippen molar-refractivity contribution in [3.05, 3.63) is 117 Å². The summed E-state index contributed by atoms with van der Waals surface area (Å²) in [6, 6.07) is 26.1. The number of nitrogens with zero attached hydrogens (tertiary/aromatic N) is 8. The second-order valence-corrected chi connectivity index (χ2v) is 14.2. The number of hydrogen-bond acceptors (Lipinski definition) is 8. The summed E-state index contributed by atoms with van der Waals surface area (Å²) in [5, 5.41) is 21.1. The van der Waals surface area contributed by atoms with Crippen LogP contribution in [-0.4, -0.2) is 47.1 Å². The summed E-state index contributed by atoms with van der Waals surface area (Å²) < 4.78 is 7.90. The van der Waals surface area contributed by atoms with Crippen molar-refractivity contribution in [1.82, 2.24) is 34.9 Å². The minimum Gasteiger partial charge on any atom is -0.478 e. The van der Waals surface area contributed by atoms with Gasteiger partial charge in [-0.2, -0.15) is 0 Å². The molecule has 5 heterocycles. The zero-order chi connectivity index (χ0) is 39.3. The number of carboxylic acid groups (broad SMARTS) is 2. The van der Waals surface area contributed by atoms with Gasteiger partial charge in [-0.05, 0) is 29.0 Å². The first-order valence-corrected chi connectivity index (χ1v) is 18.2. The maximum Gasteiger partial charge on any atom is 2.00 e. The van der Waals surface area contributed by atoms with E-state index in [1.54, 1.807) is 0 Å². The van der Waals surface area contributed by atoms with Crippen LogP contribution in [0, 0.1) is 0 Å². The molecule has 0 saturated carbocycles. The zero-order valence-corrected chi connectivity index (χ0v) is 34.9. The Hall–Kier alpha value is -6.31. The molecule has 10 rings (SSSR count). The van der Waals surface area contributed by atoms with Crippen molar-refractivity contribution in [2.75, 3.05) is 0 Å². The monoisotopic (exact) mass is 873 g/mol. The molecule has 3 aromatic heterocycles. The second kappa shape index (κ2) is 14.0. The molecule has 2 aliphatic rings. The van der Waals surface area contributed by atoms with Crippen molar-refractivity contribution in [2.24, 2.45) is 7.05 Å². The van der Waals surface area contributed by atoms with Gasteiger partial charge in [0, 0.05) is 55.6 Å². The van der Waals surface area contributed by atoms with Crippen LogP contribution in [0.1, 0.15) is 20.7 Å². The maximum atomic E-state index is 11.9. The minimum absolute atomic E-state index is 0. The third-order valence-electron chi connectivity index (χ3n) is 9.69. The van der Waals surface area contributed by atoms with Gasteiger partial charge in [0.15, 0.2) is 5.75 Å². The van der Waals surface area contributed by atoms with Gasteiger partial charge in [-0.1, -0.05) is 108 Å². The third kappa shape index (κ3) is 5.79. The molecule has 17 heteroatoms. The van der Waals surface area contributed by atoms with Crippen molar-refractivity contribution < 1.29 is 48.6 Å². The molecule has 0 aliphatic carbocycles. The molecule has 0 amide bonds. The van der Waals surface area contributed by atoms with Crippen LogP contribution < -0.4 is 19.3 Å². The number of aromatic carboxylic acids is 2. The van der Waals surface area contributed by atoms with E-state index >= 15 is 0 Å². The summed E-state index contributed by atoms with van der Waals surface area (Å²) in [5.74, 6) is -1.41. The number of ether oxygens (including phenoxy) is 1. The van der Waals surface area contributed by atoms with E-state index in [1.165, 1.54) is 0 Å². The van der Waals surface area contributed by atoms with E-state index in [4.69, 9.17) is 74.4 Å². The fourth-order valence-corrected chi connectivity index (χ4v) is 7.93. The van der Waals surface area contributed by atoms with Crippen molar-refractivity contribution >= 4 is 90.9 Å². The van der Waals surface area contributed by atoms with Crippen LogP contribution in [0.25, 0.3) is 89.7 Å². The molecule has 0 atom stereocenters. The molecular weight excluding hydrogens is 856 g/mol. The number of carboxylic acids is 2. The van der Waals surface area contributed by atoms with Crippen LogP contribution in [0.2, 0.25) is 15.1 Å². The average molecular weight is 876 g/mol. The van der Waals surface area contributed by atoms with E-state index < -0.39 is 11.9 Å². The predicted molar refractivity (Wildman–Crippen MR) is 213 cm³/mol. The van der Waals surface area contributed by atoms with Crippen molar-refractivity contribution in [3.63, 3.8) is 0 Å². The van der Waals surface area contributed by atoms with Crippen molar-refractivity contribution in [1.29, 1.82) is 0 Å². The Morgan fingerprint density at radius 3 is 1.60 bits per heavy atom. The van der Waals surface area contributed by atoms with Crippen LogP contribution in [0.5, 0.6) is 11.5 Å². The van der Waals surface area contributed by atoms with E-state index in [-0.39, 0.29) is 85.1 Å². The molecule has 8 aromatic rings. The molecule has 5 aromatic carbocycles. The second-order valence-electron chi connectivity index (χ2n) is 13.0. The molecule has 58 heavy (non-hydrogen) atoms. The summed E-state index contributed by atoms with van der Waals surface area (Å²) in [6.45, 7) is 0. The van der Waals surface area contributed by atoms with Gasteiger partial charge in [0.1, 0.15) is 22.4 Å². The molecular formula is C41H20Cl3N8O5Zn+. The van der Waals surface area contributed by atoms with Crippen LogP contribution in [0.15, 0.2) is 91.0 Å². The van der Waals surface area contributed by atoms with E-state index in [9.17, 15) is 19.8 Å². The van der Waals surface area contributed by atoms with Crippen molar-refractivity contribution in [2.45, 2.75) is 0 Å². The largest absolute Gasteiger partial charge is 2.00 e. The number of carbonyl (C=O) groups is 2. The Kier molecular flexibility index (Phi) is 8.97. The van der Waals surface area contributed by atoms with Crippen LogP contribution in [-0.2, 0) is 26.5 Å². The Morgan fingerprint density at radius 2 is 1.03 bits per heavy atom. The molecule has 2 N–H and O–H groups in total. The Morgan fingerprint density at radius 1 is 0.586 bits per heavy atom. The molecule has 13 nitrogen and oxygen atoms in total. The predicted octanol–water partition coefficient (Wildman–Crippen LogP) is 8.70. The first-order valence-electron chi connectivity index (χ1n) is 17.1. The topological polar surface area (TPSA) is 180 Å². The molecule has 0 spiro atoms. The summed E-state index contributed by atoms with van der Waals surface area (Å²) in [6.07, 6.45) is 0. The molecule has 0 unspecified atom stereocenters. The van der Waals surface area contributed by atoms with E-state index in [1.807, 2.05) is 84.4 Å². The number of benzene rings is 5. The smallest absolute Gasteiger partial charge is 0.478 e. The quantitative estimate of drug-likeness (QED) is 0.0977. The summed E-state index contributed by atoms with van der Waals surface area (Å²) >= 11 is 21.1. The van der Waals surface area contributed by atoms with Gasteiger partial charge in [-0.15, -0.1) is 0 Å². The molecule has 8 bridgehead atoms. The first-order chi connectivity index (χ1) is 27.5. The third-order valence-corrected chi connectivity index (χ3v) is 10.9. The van der Waals surface area contributed by atoms with Gasteiger partial charge in [0.25, 0.3) is 0 Å². The van der Waals surface area contributed by atoms with Gasteiger partial charge in [0.2, 0.25) is 0 Å². The SMILES string of the molecule is C[n+]1c2nc3[n-]c(nc4nc(nc5[n-]c(nc1-c1ccccc1-2)c1c(Cl)c(Oc2cc(C(=O)O)cc(C(=O)O)c2)c(Cl)c(Cl)c51)-c1ccccc1-4)c1ccccc31.[Zn+2]. The standard InChI is InChI=1S/C41H21Cl3N8O5.Zn/c1-52-38-24-12-6-7-13-25(24)39(52)51-37-27-26(28(42)30(44)31(29(27)43)57-19-15-17(40(53)54)14-18(16-19)41(55)56)36(49-37)48-34-21-9-3-2-8-20(21)32(46-34)45-33-22-10-4-5-11-23(22)35(47-33)50-38;/h2-16H,1H3,(H3,45,46,47,48,49,50,51,53,54,55,56);/q;+2/p-1. The Labute approximate surface area is 353 Å². The minimum atomic E-state index is -1.37. The number of hydrogen-bond donors (Lipinski definition) is 2. The van der Waals surface area contributed by atoms with Gasteiger partial charge in [-0.3, -0.25) is 4.57 Å². The Bertz CT molecular complexity index is 3280. The van der Waals surface area contributed by atoms with E-state index in [2.05, 4.69) is 0 Å². The summed E-state index contributed by atoms with van der Waals surface area (Å²) in [5.41, 5.74) is 3.32.